The van der Waals surface area contributed by atoms with E-state index in [0.717, 1.165) is 3.57 Å². The Balaban J connectivity index is 1.70. The van der Waals surface area contributed by atoms with Crippen LogP contribution in [-0.4, -0.2) is 11.0 Å². The van der Waals surface area contributed by atoms with Crippen LogP contribution in [0.1, 0.15) is 10.6 Å². The molecule has 3 aromatic rings. The second-order valence-corrected chi connectivity index (χ2v) is 8.14. The molecule has 0 spiro atoms. The molecule has 0 saturated heterocycles. The maximum Gasteiger partial charge on any atom is 0.293 e. The number of benzene rings is 2. The molecule has 0 bridgehead atoms. The fourth-order valence-corrected chi connectivity index (χ4v) is 3.71. The van der Waals surface area contributed by atoms with E-state index in [-0.39, 0.29) is 10.9 Å². The molecule has 0 radical (unpaired) electrons. The molecule has 2 N–H and O–H groups in total. The highest BCUT2D eigenvalue weighted by molar-refractivity contribution is 14.1. The molecule has 9 heteroatoms. The van der Waals surface area contributed by atoms with Gasteiger partial charge in [0.15, 0.2) is 10.9 Å². The van der Waals surface area contributed by atoms with E-state index in [9.17, 15) is 4.79 Å². The van der Waals surface area contributed by atoms with Gasteiger partial charge in [-0.15, -0.1) is 0 Å². The van der Waals surface area contributed by atoms with Crippen LogP contribution in [0.15, 0.2) is 52.9 Å². The second kappa shape index (κ2) is 8.79. The summed E-state index contributed by atoms with van der Waals surface area (Å²) in [5.41, 5.74) is 1.18. The van der Waals surface area contributed by atoms with Gasteiger partial charge < -0.3 is 9.73 Å². The van der Waals surface area contributed by atoms with Crippen molar-refractivity contribution in [3.05, 3.63) is 72.9 Å². The fourth-order valence-electron chi connectivity index (χ4n) is 2.21. The molecule has 27 heavy (non-hydrogen) atoms. The largest absolute Gasteiger partial charge is 0.451 e. The number of halogens is 4. The summed E-state index contributed by atoms with van der Waals surface area (Å²) in [6.07, 6.45) is 0. The molecule has 1 amide bonds. The van der Waals surface area contributed by atoms with E-state index in [2.05, 4.69) is 33.2 Å². The van der Waals surface area contributed by atoms with Gasteiger partial charge in [0, 0.05) is 9.13 Å². The van der Waals surface area contributed by atoms with Crippen LogP contribution in [0.3, 0.4) is 0 Å². The first-order valence-corrected chi connectivity index (χ1v) is 10.1. The Morgan fingerprint density at radius 1 is 1.04 bits per heavy atom. The van der Waals surface area contributed by atoms with E-state index < -0.39 is 5.91 Å². The summed E-state index contributed by atoms with van der Waals surface area (Å²) < 4.78 is 6.58. The average Bonchev–Trinajstić information content (AvgIpc) is 3.10. The predicted octanol–water partition coefficient (Wildman–Crippen LogP) is 6.64. The van der Waals surface area contributed by atoms with Crippen LogP contribution in [0, 0.1) is 3.57 Å². The molecular formula is C18H10Cl3IN2O2S. The summed E-state index contributed by atoms with van der Waals surface area (Å²) in [7, 11) is 0. The number of amides is 1. The highest BCUT2D eigenvalue weighted by Crippen LogP contribution is 2.34. The molecule has 0 aliphatic heterocycles. The van der Waals surface area contributed by atoms with Gasteiger partial charge in [0.25, 0.3) is 5.91 Å². The third-order valence-corrected chi connectivity index (χ3v) is 5.46. The van der Waals surface area contributed by atoms with Gasteiger partial charge in [0.2, 0.25) is 0 Å². The predicted molar refractivity (Wildman–Crippen MR) is 122 cm³/mol. The molecule has 2 aromatic carbocycles. The van der Waals surface area contributed by atoms with Gasteiger partial charge in [-0.05, 0) is 77.3 Å². The topological polar surface area (TPSA) is 54.3 Å². The van der Waals surface area contributed by atoms with E-state index in [0.29, 0.717) is 32.1 Å². The molecule has 138 valence electrons. The molecule has 0 aliphatic carbocycles. The number of carbonyl (C=O) groups is 1. The second-order valence-electron chi connectivity index (χ2n) is 5.30. The third-order valence-electron chi connectivity index (χ3n) is 3.45. The van der Waals surface area contributed by atoms with Gasteiger partial charge in [0.1, 0.15) is 5.76 Å². The van der Waals surface area contributed by atoms with Crippen molar-refractivity contribution in [3.8, 4) is 11.3 Å². The number of hydrogen-bond acceptors (Lipinski definition) is 3. The summed E-state index contributed by atoms with van der Waals surface area (Å²) >= 11 is 25.6. The first kappa shape index (κ1) is 20.4. The minimum absolute atomic E-state index is 0.0823. The fraction of sp³-hybridized carbons (Fsp3) is 0. The first-order chi connectivity index (χ1) is 12.8. The quantitative estimate of drug-likeness (QED) is 0.283. The summed E-state index contributed by atoms with van der Waals surface area (Å²) in [5.74, 6) is 0.00430. The van der Waals surface area contributed by atoms with E-state index in [1.54, 1.807) is 36.4 Å². The monoisotopic (exact) mass is 550 g/mol. The lowest BCUT2D eigenvalue weighted by Gasteiger charge is -2.10. The van der Waals surface area contributed by atoms with Crippen molar-refractivity contribution >= 4 is 86.3 Å². The van der Waals surface area contributed by atoms with Crippen molar-refractivity contribution in [3.63, 3.8) is 0 Å². The van der Waals surface area contributed by atoms with Gasteiger partial charge in [-0.1, -0.05) is 40.9 Å². The molecule has 0 aliphatic rings. The summed E-state index contributed by atoms with van der Waals surface area (Å²) in [4.78, 5) is 12.4. The highest BCUT2D eigenvalue weighted by atomic mass is 127. The van der Waals surface area contributed by atoms with E-state index in [1.807, 2.05) is 6.07 Å². The number of carbonyl (C=O) groups excluding carboxylic acids is 1. The lowest BCUT2D eigenvalue weighted by atomic mass is 10.2. The maximum atomic E-state index is 12.4. The van der Waals surface area contributed by atoms with Crippen molar-refractivity contribution in [2.24, 2.45) is 0 Å². The van der Waals surface area contributed by atoms with Gasteiger partial charge in [0.05, 0.1) is 20.8 Å². The SMILES string of the molecule is O=C(NC(=S)Nc1ccc(I)cc1Cl)c1ccc(-c2cccc(Cl)c2Cl)o1. The zero-order chi connectivity index (χ0) is 19.6. The molecule has 0 unspecified atom stereocenters. The van der Waals surface area contributed by atoms with Crippen molar-refractivity contribution in [1.29, 1.82) is 0 Å². The number of anilines is 1. The Labute approximate surface area is 189 Å². The van der Waals surface area contributed by atoms with Crippen molar-refractivity contribution in [2.45, 2.75) is 0 Å². The molecule has 1 heterocycles. The van der Waals surface area contributed by atoms with Crippen molar-refractivity contribution in [2.75, 3.05) is 5.32 Å². The maximum absolute atomic E-state index is 12.4. The third kappa shape index (κ3) is 4.94. The molecule has 0 atom stereocenters. The van der Waals surface area contributed by atoms with Crippen LogP contribution in [-0.2, 0) is 0 Å². The zero-order valence-electron chi connectivity index (χ0n) is 13.4. The Kier molecular flexibility index (Phi) is 6.65. The number of hydrogen-bond donors (Lipinski definition) is 2. The molecule has 4 nitrogen and oxygen atoms in total. The minimum Gasteiger partial charge on any atom is -0.451 e. The molecule has 3 rings (SSSR count). The lowest BCUT2D eigenvalue weighted by Crippen LogP contribution is -2.33. The van der Waals surface area contributed by atoms with E-state index in [4.69, 9.17) is 51.4 Å². The summed E-state index contributed by atoms with van der Waals surface area (Å²) in [5, 5.41) is 6.77. The Morgan fingerprint density at radius 2 is 1.81 bits per heavy atom. The van der Waals surface area contributed by atoms with E-state index in [1.165, 1.54) is 6.07 Å². The van der Waals surface area contributed by atoms with Crippen molar-refractivity contribution < 1.29 is 9.21 Å². The molecule has 0 saturated carbocycles. The van der Waals surface area contributed by atoms with Crippen LogP contribution in [0.5, 0.6) is 0 Å². The van der Waals surface area contributed by atoms with Crippen LogP contribution in [0.25, 0.3) is 11.3 Å². The molecule has 1 aromatic heterocycles. The van der Waals surface area contributed by atoms with Crippen LogP contribution < -0.4 is 10.6 Å². The number of thiocarbonyl (C=S) groups is 1. The Bertz CT molecular complexity index is 1040. The van der Waals surface area contributed by atoms with Gasteiger partial charge in [-0.25, -0.2) is 0 Å². The standard InChI is InChI=1S/C18H10Cl3IN2O2S/c19-11-3-1-2-10(16(11)21)14-6-7-15(26-14)17(25)24-18(27)23-13-5-4-9(22)8-12(13)20/h1-8H,(H2,23,24,25,27). The van der Waals surface area contributed by atoms with Crippen LogP contribution in [0.4, 0.5) is 5.69 Å². The van der Waals surface area contributed by atoms with Crippen LogP contribution in [0.2, 0.25) is 15.1 Å². The smallest absolute Gasteiger partial charge is 0.293 e. The summed E-state index contributed by atoms with van der Waals surface area (Å²) in [6.45, 7) is 0. The van der Waals surface area contributed by atoms with E-state index >= 15 is 0 Å². The lowest BCUT2D eigenvalue weighted by molar-refractivity contribution is 0.0951. The first-order valence-electron chi connectivity index (χ1n) is 7.47. The number of nitrogens with one attached hydrogen (secondary N) is 2. The minimum atomic E-state index is -0.501. The highest BCUT2D eigenvalue weighted by Gasteiger charge is 2.16. The Morgan fingerprint density at radius 3 is 2.56 bits per heavy atom. The molecule has 0 fully saturated rings. The average molecular weight is 552 g/mol. The van der Waals surface area contributed by atoms with Gasteiger partial charge in [-0.3, -0.25) is 10.1 Å². The summed E-state index contributed by atoms with van der Waals surface area (Å²) in [6, 6.07) is 13.8. The normalized spacial score (nSPS) is 10.5. The molecular weight excluding hydrogens is 542 g/mol. The van der Waals surface area contributed by atoms with Gasteiger partial charge in [-0.2, -0.15) is 0 Å². The Hall–Kier alpha value is -1.32. The number of rotatable bonds is 3. The van der Waals surface area contributed by atoms with Crippen LogP contribution >= 0.6 is 69.6 Å². The van der Waals surface area contributed by atoms with Gasteiger partial charge >= 0.3 is 0 Å². The van der Waals surface area contributed by atoms with Crippen molar-refractivity contribution in [1.82, 2.24) is 5.32 Å². The number of furan rings is 1. The zero-order valence-corrected chi connectivity index (χ0v) is 18.6.